The Morgan fingerprint density at radius 2 is 2.18 bits per heavy atom. The maximum Gasteiger partial charge on any atom is 0.140 e. The number of nitrogens with zero attached hydrogens (tertiary/aromatic N) is 2. The molecule has 1 atom stereocenters. The lowest BCUT2D eigenvalue weighted by Gasteiger charge is -2.13. The highest BCUT2D eigenvalue weighted by Gasteiger charge is 2.28. The van der Waals surface area contributed by atoms with Gasteiger partial charge in [0.2, 0.25) is 0 Å². The fourth-order valence-electron chi connectivity index (χ4n) is 3.02. The van der Waals surface area contributed by atoms with Crippen molar-refractivity contribution < 1.29 is 9.26 Å². The summed E-state index contributed by atoms with van der Waals surface area (Å²) in [6, 6.07) is 6.59. The number of rotatable bonds is 6. The lowest BCUT2D eigenvalue weighted by molar-refractivity contribution is 0.114. The summed E-state index contributed by atoms with van der Waals surface area (Å²) in [5.41, 5.74) is 1.04. The normalized spacial score (nSPS) is 21.8. The minimum atomic E-state index is 0.334. The van der Waals surface area contributed by atoms with E-state index in [4.69, 9.17) is 9.26 Å². The van der Waals surface area contributed by atoms with Crippen molar-refractivity contribution in [2.45, 2.75) is 50.8 Å². The van der Waals surface area contributed by atoms with Gasteiger partial charge in [0, 0.05) is 41.4 Å². The van der Waals surface area contributed by atoms with Gasteiger partial charge in [-0.3, -0.25) is 4.90 Å². The molecule has 118 valence electrons. The van der Waals surface area contributed by atoms with Gasteiger partial charge >= 0.3 is 0 Å². The molecule has 2 aliphatic rings. The third kappa shape index (κ3) is 3.26. The van der Waals surface area contributed by atoms with Crippen LogP contribution in [0.3, 0.4) is 0 Å². The van der Waals surface area contributed by atoms with Crippen molar-refractivity contribution in [1.29, 1.82) is 0 Å². The van der Waals surface area contributed by atoms with Gasteiger partial charge < -0.3 is 9.26 Å². The van der Waals surface area contributed by atoms with E-state index < -0.39 is 0 Å². The van der Waals surface area contributed by atoms with Crippen LogP contribution in [0.5, 0.6) is 0 Å². The van der Waals surface area contributed by atoms with Crippen LogP contribution >= 0.6 is 11.3 Å². The predicted molar refractivity (Wildman–Crippen MR) is 85.9 cm³/mol. The zero-order chi connectivity index (χ0) is 14.9. The van der Waals surface area contributed by atoms with Gasteiger partial charge in [-0.15, -0.1) is 11.3 Å². The number of thiophene rings is 1. The first-order valence-corrected chi connectivity index (χ1v) is 8.94. The molecule has 4 rings (SSSR count). The van der Waals surface area contributed by atoms with Crippen LogP contribution in [0, 0.1) is 0 Å². The Balaban J connectivity index is 1.33. The summed E-state index contributed by atoms with van der Waals surface area (Å²) in [5.74, 6) is 1.71. The summed E-state index contributed by atoms with van der Waals surface area (Å²) in [5, 5.41) is 4.19. The Kier molecular flexibility index (Phi) is 4.03. The molecule has 2 aromatic heterocycles. The summed E-state index contributed by atoms with van der Waals surface area (Å²) in [6.07, 6.45) is 5.20. The summed E-state index contributed by atoms with van der Waals surface area (Å²) >= 11 is 1.88. The Morgan fingerprint density at radius 3 is 2.95 bits per heavy atom. The average molecular weight is 318 g/mol. The molecule has 0 N–H and O–H groups in total. The molecule has 5 heteroatoms. The van der Waals surface area contributed by atoms with Gasteiger partial charge in [0.05, 0.1) is 11.8 Å². The number of aromatic nitrogens is 1. The third-order valence-electron chi connectivity index (χ3n) is 4.34. The van der Waals surface area contributed by atoms with Crippen LogP contribution in [-0.4, -0.2) is 23.7 Å². The molecule has 2 fully saturated rings. The van der Waals surface area contributed by atoms with Crippen LogP contribution in [0.15, 0.2) is 22.7 Å². The van der Waals surface area contributed by atoms with Crippen molar-refractivity contribution in [3.63, 3.8) is 0 Å². The highest BCUT2D eigenvalue weighted by atomic mass is 32.1. The molecule has 0 amide bonds. The highest BCUT2D eigenvalue weighted by Crippen LogP contribution is 2.40. The first-order valence-electron chi connectivity index (χ1n) is 8.12. The van der Waals surface area contributed by atoms with Crippen LogP contribution in [0.1, 0.15) is 58.9 Å². The molecule has 0 aromatic carbocycles. The van der Waals surface area contributed by atoms with Crippen LogP contribution < -0.4 is 0 Å². The Morgan fingerprint density at radius 1 is 1.27 bits per heavy atom. The third-order valence-corrected chi connectivity index (χ3v) is 5.51. The molecule has 2 aromatic rings. The van der Waals surface area contributed by atoms with Crippen molar-refractivity contribution in [3.8, 4) is 0 Å². The van der Waals surface area contributed by atoms with E-state index in [-0.39, 0.29) is 0 Å². The van der Waals surface area contributed by atoms with Gasteiger partial charge in [-0.2, -0.15) is 0 Å². The first-order chi connectivity index (χ1) is 10.8. The molecule has 0 bridgehead atoms. The van der Waals surface area contributed by atoms with Crippen molar-refractivity contribution in [2.75, 3.05) is 13.7 Å². The lowest BCUT2D eigenvalue weighted by atomic mass is 10.2. The molecule has 3 heterocycles. The zero-order valence-corrected chi connectivity index (χ0v) is 13.8. The van der Waals surface area contributed by atoms with E-state index in [1.165, 1.54) is 35.4 Å². The van der Waals surface area contributed by atoms with Crippen molar-refractivity contribution >= 4 is 11.3 Å². The summed E-state index contributed by atoms with van der Waals surface area (Å²) < 4.78 is 11.2. The molecule has 1 aliphatic carbocycles. The van der Waals surface area contributed by atoms with Crippen molar-refractivity contribution in [2.24, 2.45) is 0 Å². The number of ether oxygens (including phenoxy) is 1. The lowest BCUT2D eigenvalue weighted by Crippen LogP contribution is -2.16. The van der Waals surface area contributed by atoms with E-state index in [1.54, 1.807) is 0 Å². The number of hydrogen-bond acceptors (Lipinski definition) is 5. The van der Waals surface area contributed by atoms with E-state index in [0.29, 0.717) is 12.0 Å². The summed E-state index contributed by atoms with van der Waals surface area (Å²) in [4.78, 5) is 5.05. The van der Waals surface area contributed by atoms with E-state index >= 15 is 0 Å². The molecule has 1 saturated carbocycles. The largest absolute Gasteiger partial charge is 0.373 e. The molecule has 0 unspecified atom stereocenters. The van der Waals surface area contributed by atoms with Gasteiger partial charge in [-0.1, -0.05) is 5.16 Å². The number of hydrogen-bond donors (Lipinski definition) is 0. The van der Waals surface area contributed by atoms with Gasteiger partial charge in [-0.25, -0.2) is 0 Å². The Labute approximate surface area is 135 Å². The van der Waals surface area contributed by atoms with E-state index in [2.05, 4.69) is 35.3 Å². The van der Waals surface area contributed by atoms with Crippen LogP contribution in [0.2, 0.25) is 0 Å². The van der Waals surface area contributed by atoms with E-state index in [0.717, 1.165) is 31.2 Å². The monoisotopic (exact) mass is 318 g/mol. The first kappa shape index (κ1) is 14.4. The molecule has 1 saturated heterocycles. The van der Waals surface area contributed by atoms with Gasteiger partial charge in [0.25, 0.3) is 0 Å². The average Bonchev–Trinajstić information content (AvgIpc) is 2.95. The highest BCUT2D eigenvalue weighted by molar-refractivity contribution is 7.12. The van der Waals surface area contributed by atoms with Crippen LogP contribution in [0.4, 0.5) is 0 Å². The molecule has 0 radical (unpaired) electrons. The second kappa shape index (κ2) is 6.14. The van der Waals surface area contributed by atoms with Gasteiger partial charge in [-0.05, 0) is 44.9 Å². The minimum absolute atomic E-state index is 0.334. The maximum atomic E-state index is 5.76. The second-order valence-corrected chi connectivity index (χ2v) is 7.67. The molecule has 4 nitrogen and oxygen atoms in total. The van der Waals surface area contributed by atoms with Crippen LogP contribution in [-0.2, 0) is 17.8 Å². The fourth-order valence-corrected chi connectivity index (χ4v) is 4.19. The minimum Gasteiger partial charge on any atom is -0.373 e. The van der Waals surface area contributed by atoms with Crippen molar-refractivity contribution in [3.05, 3.63) is 39.4 Å². The fraction of sp³-hybridized carbons (Fsp3) is 0.588. The smallest absolute Gasteiger partial charge is 0.140 e. The molecular weight excluding hydrogens is 296 g/mol. The predicted octanol–water partition coefficient (Wildman–Crippen LogP) is 4.10. The maximum absolute atomic E-state index is 5.76. The van der Waals surface area contributed by atoms with E-state index in [1.807, 2.05) is 11.3 Å². The Bertz CT molecular complexity index is 626. The molecule has 1 aliphatic heterocycles. The van der Waals surface area contributed by atoms with Crippen LogP contribution in [0.25, 0.3) is 0 Å². The Hall–Kier alpha value is -1.17. The molecular formula is C17H22N2O2S. The quantitative estimate of drug-likeness (QED) is 0.804. The molecule has 0 spiro atoms. The second-order valence-electron chi connectivity index (χ2n) is 6.47. The van der Waals surface area contributed by atoms with Gasteiger partial charge in [0.1, 0.15) is 5.76 Å². The van der Waals surface area contributed by atoms with E-state index in [9.17, 15) is 0 Å². The standard InChI is InChI=1S/C17H22N2O2S/c1-19(10-13-9-16(21-18-13)12-4-5-12)11-14-6-7-17(22-14)15-3-2-8-20-15/h6-7,9,12,15H,2-5,8,10-11H2,1H3/t15-/m0/s1. The topological polar surface area (TPSA) is 38.5 Å². The zero-order valence-electron chi connectivity index (χ0n) is 13.0. The molecule has 22 heavy (non-hydrogen) atoms. The van der Waals surface area contributed by atoms with Gasteiger partial charge in [0.15, 0.2) is 0 Å². The summed E-state index contributed by atoms with van der Waals surface area (Å²) in [6.45, 7) is 2.69. The summed E-state index contributed by atoms with van der Waals surface area (Å²) in [7, 11) is 2.14. The van der Waals surface area contributed by atoms with Crippen molar-refractivity contribution in [1.82, 2.24) is 10.1 Å². The SMILES string of the molecule is CN(Cc1cc(C2CC2)on1)Cc1ccc([C@@H]2CCCO2)s1.